The van der Waals surface area contributed by atoms with Gasteiger partial charge in [-0.3, -0.25) is 0 Å². The van der Waals surface area contributed by atoms with Gasteiger partial charge in [-0.25, -0.2) is 4.39 Å². The number of halogens is 4. The Morgan fingerprint density at radius 1 is 1.06 bits per heavy atom. The van der Waals surface area contributed by atoms with Gasteiger partial charge >= 0.3 is 6.18 Å². The fourth-order valence-electron chi connectivity index (χ4n) is 2.73. The molecule has 18 heavy (non-hydrogen) atoms. The molecule has 100 valence electrons. The van der Waals surface area contributed by atoms with Gasteiger partial charge in [0.05, 0.1) is 6.42 Å². The molecular weight excluding hydrogens is 244 g/mol. The lowest BCUT2D eigenvalue weighted by molar-refractivity contribution is -0.166. The molecule has 0 amide bonds. The van der Waals surface area contributed by atoms with Crippen LogP contribution < -0.4 is 0 Å². The molecule has 1 saturated carbocycles. The Kier molecular flexibility index (Phi) is 3.64. The minimum absolute atomic E-state index is 0.00602. The Morgan fingerprint density at radius 3 is 2.11 bits per heavy atom. The van der Waals surface area contributed by atoms with Gasteiger partial charge in [0.15, 0.2) is 0 Å². The quantitative estimate of drug-likeness (QED) is 0.656. The van der Waals surface area contributed by atoms with E-state index >= 15 is 0 Å². The lowest BCUT2D eigenvalue weighted by atomic mass is 9.76. The van der Waals surface area contributed by atoms with Crippen molar-refractivity contribution < 1.29 is 17.6 Å². The highest BCUT2D eigenvalue weighted by Crippen LogP contribution is 2.45. The van der Waals surface area contributed by atoms with Gasteiger partial charge in [-0.2, -0.15) is 13.2 Å². The van der Waals surface area contributed by atoms with Crippen LogP contribution in [0.5, 0.6) is 0 Å². The number of alkyl halides is 4. The zero-order chi connectivity index (χ0) is 13.2. The van der Waals surface area contributed by atoms with Crippen LogP contribution in [0.1, 0.15) is 43.6 Å². The second kappa shape index (κ2) is 4.90. The monoisotopic (exact) mass is 260 g/mol. The third-order valence-corrected chi connectivity index (χ3v) is 3.67. The van der Waals surface area contributed by atoms with Crippen molar-refractivity contribution in [3.05, 3.63) is 35.9 Å². The Hall–Kier alpha value is -1.06. The van der Waals surface area contributed by atoms with E-state index in [1.165, 1.54) is 0 Å². The topological polar surface area (TPSA) is 0 Å². The van der Waals surface area contributed by atoms with Crippen molar-refractivity contribution in [2.75, 3.05) is 0 Å². The van der Waals surface area contributed by atoms with Gasteiger partial charge < -0.3 is 0 Å². The summed E-state index contributed by atoms with van der Waals surface area (Å²) in [4.78, 5) is 0. The van der Waals surface area contributed by atoms with Crippen LogP contribution in [0.15, 0.2) is 30.3 Å². The maximum atomic E-state index is 14.0. The second-order valence-electron chi connectivity index (χ2n) is 5.13. The molecule has 1 aromatic carbocycles. The maximum Gasteiger partial charge on any atom is 0.392 e. The molecule has 1 aliphatic carbocycles. The summed E-state index contributed by atoms with van der Waals surface area (Å²) in [6.07, 6.45) is -4.71. The average molecular weight is 260 g/mol. The van der Waals surface area contributed by atoms with E-state index in [0.717, 1.165) is 5.56 Å². The van der Waals surface area contributed by atoms with Gasteiger partial charge in [0.2, 0.25) is 0 Å². The summed E-state index contributed by atoms with van der Waals surface area (Å²) in [5.74, 6) is 0.198. The molecule has 0 aliphatic heterocycles. The summed E-state index contributed by atoms with van der Waals surface area (Å²) >= 11 is 0. The number of hydrogen-bond donors (Lipinski definition) is 0. The van der Waals surface area contributed by atoms with E-state index in [9.17, 15) is 17.6 Å². The van der Waals surface area contributed by atoms with Crippen LogP contribution in [-0.2, 0) is 0 Å². The normalized spacial score (nSPS) is 29.2. The predicted octanol–water partition coefficient (Wildman–Crippen LogP) is 5.00. The molecule has 0 atom stereocenters. The fraction of sp³-hybridized carbons (Fsp3) is 0.571. The zero-order valence-electron chi connectivity index (χ0n) is 10.0. The Bertz CT molecular complexity index is 375. The molecule has 0 bridgehead atoms. The van der Waals surface area contributed by atoms with Gasteiger partial charge in [0.25, 0.3) is 0 Å². The number of hydrogen-bond acceptors (Lipinski definition) is 0. The van der Waals surface area contributed by atoms with Crippen LogP contribution >= 0.6 is 0 Å². The Morgan fingerprint density at radius 2 is 1.61 bits per heavy atom. The molecule has 2 rings (SSSR count). The van der Waals surface area contributed by atoms with Crippen LogP contribution in [-0.4, -0.2) is 11.8 Å². The first-order valence-electron chi connectivity index (χ1n) is 6.19. The maximum absolute atomic E-state index is 14.0. The van der Waals surface area contributed by atoms with E-state index in [1.54, 1.807) is 0 Å². The summed E-state index contributed by atoms with van der Waals surface area (Å²) in [5.41, 5.74) is -0.949. The molecule has 0 heterocycles. The highest BCUT2D eigenvalue weighted by atomic mass is 19.4. The van der Waals surface area contributed by atoms with Crippen molar-refractivity contribution in [3.8, 4) is 0 Å². The van der Waals surface area contributed by atoms with Gasteiger partial charge in [-0.15, -0.1) is 0 Å². The summed E-state index contributed by atoms with van der Waals surface area (Å²) < 4.78 is 50.8. The van der Waals surface area contributed by atoms with E-state index in [0.29, 0.717) is 12.8 Å². The third-order valence-electron chi connectivity index (χ3n) is 3.67. The van der Waals surface area contributed by atoms with Gasteiger partial charge in [0.1, 0.15) is 5.67 Å². The van der Waals surface area contributed by atoms with Crippen LogP contribution in [0, 0.1) is 0 Å². The minimum Gasteiger partial charge on any atom is -0.244 e. The SMILES string of the molecule is FC(F)(F)CC1(F)CCC(c2ccccc2)CC1. The number of rotatable bonds is 2. The van der Waals surface area contributed by atoms with Crippen molar-refractivity contribution in [2.45, 2.75) is 49.9 Å². The highest BCUT2D eigenvalue weighted by molar-refractivity contribution is 5.20. The Labute approximate surface area is 104 Å². The molecule has 1 aromatic rings. The molecule has 1 aliphatic rings. The first-order chi connectivity index (χ1) is 8.38. The van der Waals surface area contributed by atoms with Crippen LogP contribution in [0.25, 0.3) is 0 Å². The molecule has 0 saturated heterocycles. The molecular formula is C14H16F4. The van der Waals surface area contributed by atoms with Crippen molar-refractivity contribution in [1.82, 2.24) is 0 Å². The van der Waals surface area contributed by atoms with Crippen LogP contribution in [0.4, 0.5) is 17.6 Å². The van der Waals surface area contributed by atoms with E-state index in [2.05, 4.69) is 0 Å². The first kappa shape index (κ1) is 13.4. The second-order valence-corrected chi connectivity index (χ2v) is 5.13. The van der Waals surface area contributed by atoms with Gasteiger partial charge in [-0.05, 0) is 37.2 Å². The van der Waals surface area contributed by atoms with E-state index in [1.807, 2.05) is 30.3 Å². The molecule has 1 fully saturated rings. The zero-order valence-corrected chi connectivity index (χ0v) is 10.0. The predicted molar refractivity (Wildman–Crippen MR) is 62.2 cm³/mol. The Balaban J connectivity index is 1.96. The van der Waals surface area contributed by atoms with E-state index in [-0.39, 0.29) is 18.8 Å². The molecule has 0 radical (unpaired) electrons. The lowest BCUT2D eigenvalue weighted by Crippen LogP contribution is -2.34. The van der Waals surface area contributed by atoms with Crippen molar-refractivity contribution in [3.63, 3.8) is 0 Å². The van der Waals surface area contributed by atoms with Gasteiger partial charge in [0, 0.05) is 0 Å². The minimum atomic E-state index is -4.41. The van der Waals surface area contributed by atoms with Crippen molar-refractivity contribution in [2.24, 2.45) is 0 Å². The average Bonchev–Trinajstić information content (AvgIpc) is 2.28. The lowest BCUT2D eigenvalue weighted by Gasteiger charge is -2.34. The number of benzene rings is 1. The van der Waals surface area contributed by atoms with Crippen molar-refractivity contribution >= 4 is 0 Å². The first-order valence-corrected chi connectivity index (χ1v) is 6.19. The summed E-state index contributed by atoms with van der Waals surface area (Å²) in [6.45, 7) is 0. The molecule has 0 N–H and O–H groups in total. The molecule has 0 spiro atoms. The molecule has 4 heteroatoms. The summed E-state index contributed by atoms with van der Waals surface area (Å²) in [5, 5.41) is 0. The standard InChI is InChI=1S/C14H16F4/c15-13(10-14(16,17)18)8-6-12(7-9-13)11-4-2-1-3-5-11/h1-5,12H,6-10H2. The molecule has 0 aromatic heterocycles. The van der Waals surface area contributed by atoms with E-state index < -0.39 is 18.3 Å². The van der Waals surface area contributed by atoms with Crippen LogP contribution in [0.3, 0.4) is 0 Å². The molecule has 0 unspecified atom stereocenters. The fourth-order valence-corrected chi connectivity index (χ4v) is 2.73. The molecule has 0 nitrogen and oxygen atoms in total. The van der Waals surface area contributed by atoms with Crippen molar-refractivity contribution in [1.29, 1.82) is 0 Å². The smallest absolute Gasteiger partial charge is 0.244 e. The summed E-state index contributed by atoms with van der Waals surface area (Å²) in [6, 6.07) is 9.62. The largest absolute Gasteiger partial charge is 0.392 e. The van der Waals surface area contributed by atoms with E-state index in [4.69, 9.17) is 0 Å². The van der Waals surface area contributed by atoms with Gasteiger partial charge in [-0.1, -0.05) is 30.3 Å². The highest BCUT2D eigenvalue weighted by Gasteiger charge is 2.44. The summed E-state index contributed by atoms with van der Waals surface area (Å²) in [7, 11) is 0. The third kappa shape index (κ3) is 3.47. The van der Waals surface area contributed by atoms with Crippen LogP contribution in [0.2, 0.25) is 0 Å².